The van der Waals surface area contributed by atoms with Crippen molar-refractivity contribution in [1.29, 1.82) is 0 Å². The van der Waals surface area contributed by atoms with Crippen LogP contribution >= 0.6 is 0 Å². The topological polar surface area (TPSA) is 75.4 Å². The van der Waals surface area contributed by atoms with Crippen LogP contribution in [0.4, 0.5) is 11.5 Å². The molecule has 0 unspecified atom stereocenters. The maximum Gasteiger partial charge on any atom is 0.229 e. The van der Waals surface area contributed by atoms with Gasteiger partial charge in [0, 0.05) is 18.8 Å². The molecule has 0 saturated carbocycles. The van der Waals surface area contributed by atoms with Gasteiger partial charge in [-0.15, -0.1) is 15.3 Å². The first-order chi connectivity index (χ1) is 13.4. The minimum absolute atomic E-state index is 0.0607. The van der Waals surface area contributed by atoms with Crippen LogP contribution in [-0.2, 0) is 10.2 Å². The van der Waals surface area contributed by atoms with E-state index >= 15 is 0 Å². The zero-order valence-corrected chi connectivity index (χ0v) is 16.6. The van der Waals surface area contributed by atoms with E-state index in [0.29, 0.717) is 12.2 Å². The van der Waals surface area contributed by atoms with Crippen LogP contribution in [0.5, 0.6) is 0 Å². The highest BCUT2D eigenvalue weighted by Crippen LogP contribution is 2.25. The highest BCUT2D eigenvalue weighted by Gasteiger charge is 2.27. The van der Waals surface area contributed by atoms with Crippen LogP contribution in [0.1, 0.15) is 39.2 Å². The monoisotopic (exact) mass is 378 g/mol. The van der Waals surface area contributed by atoms with Gasteiger partial charge in [-0.25, -0.2) is 0 Å². The Morgan fingerprint density at radius 1 is 1.14 bits per heavy atom. The summed E-state index contributed by atoms with van der Waals surface area (Å²) >= 11 is 0. The van der Waals surface area contributed by atoms with Crippen LogP contribution in [0, 0.1) is 5.92 Å². The molecule has 3 heterocycles. The summed E-state index contributed by atoms with van der Waals surface area (Å²) in [6.07, 6.45) is 3.44. The number of fused-ring (bicyclic) bond motifs is 1. The molecular formula is C21H26N6O. The molecule has 1 atom stereocenters. The highest BCUT2D eigenvalue weighted by molar-refractivity contribution is 5.93. The van der Waals surface area contributed by atoms with Gasteiger partial charge < -0.3 is 10.2 Å². The molecule has 2 aromatic heterocycles. The Kier molecular flexibility index (Phi) is 4.75. The van der Waals surface area contributed by atoms with Gasteiger partial charge in [0.15, 0.2) is 5.65 Å². The van der Waals surface area contributed by atoms with Crippen molar-refractivity contribution in [3.8, 4) is 0 Å². The average molecular weight is 378 g/mol. The summed E-state index contributed by atoms with van der Waals surface area (Å²) in [4.78, 5) is 15.0. The molecule has 0 radical (unpaired) electrons. The lowest BCUT2D eigenvalue weighted by Crippen LogP contribution is -2.41. The third-order valence-corrected chi connectivity index (χ3v) is 5.28. The second kappa shape index (κ2) is 7.22. The number of hydrogen-bond acceptors (Lipinski definition) is 5. The van der Waals surface area contributed by atoms with Gasteiger partial charge in [-0.2, -0.15) is 4.52 Å². The first-order valence-electron chi connectivity index (χ1n) is 9.73. The minimum Gasteiger partial charge on any atom is -0.354 e. The predicted octanol–water partition coefficient (Wildman–Crippen LogP) is 3.28. The second-order valence-corrected chi connectivity index (χ2v) is 8.43. The molecule has 1 fully saturated rings. The fraction of sp³-hybridized carbons (Fsp3) is 0.429. The van der Waals surface area contributed by atoms with Gasteiger partial charge in [0.05, 0.1) is 5.92 Å². The normalized spacial score (nSPS) is 17.7. The van der Waals surface area contributed by atoms with E-state index in [0.717, 1.165) is 30.9 Å². The second-order valence-electron chi connectivity index (χ2n) is 8.43. The Morgan fingerprint density at radius 3 is 2.68 bits per heavy atom. The fourth-order valence-electron chi connectivity index (χ4n) is 3.58. The van der Waals surface area contributed by atoms with Gasteiger partial charge in [0.1, 0.15) is 12.1 Å². The van der Waals surface area contributed by atoms with Crippen molar-refractivity contribution >= 4 is 23.1 Å². The quantitative estimate of drug-likeness (QED) is 0.757. The van der Waals surface area contributed by atoms with Gasteiger partial charge in [0.25, 0.3) is 0 Å². The molecule has 1 N–H and O–H groups in total. The standard InChI is InChI=1S/C21H26N6O/c1-21(2,3)16-6-8-17(9-7-16)23-20(28)15-5-4-12-26(13-15)19-11-10-18-24-22-14-27(18)25-19/h6-11,14-15H,4-5,12-13H2,1-3H3,(H,23,28)/t15-/m1/s1. The number of carbonyl (C=O) groups excluding carboxylic acids is 1. The van der Waals surface area contributed by atoms with E-state index in [4.69, 9.17) is 0 Å². The molecule has 0 aliphatic carbocycles. The van der Waals surface area contributed by atoms with E-state index in [-0.39, 0.29) is 17.2 Å². The average Bonchev–Trinajstić information content (AvgIpc) is 3.15. The molecule has 4 rings (SSSR count). The van der Waals surface area contributed by atoms with E-state index in [2.05, 4.69) is 58.4 Å². The number of aromatic nitrogens is 4. The Bertz CT molecular complexity index is 972. The van der Waals surface area contributed by atoms with Crippen molar-refractivity contribution in [2.45, 2.75) is 39.0 Å². The van der Waals surface area contributed by atoms with E-state index < -0.39 is 0 Å². The van der Waals surface area contributed by atoms with Gasteiger partial charge in [-0.3, -0.25) is 4.79 Å². The molecule has 1 aromatic carbocycles. The minimum atomic E-state index is -0.0607. The van der Waals surface area contributed by atoms with Gasteiger partial charge in [0.2, 0.25) is 5.91 Å². The molecule has 146 valence electrons. The molecule has 7 heteroatoms. The molecule has 7 nitrogen and oxygen atoms in total. The van der Waals surface area contributed by atoms with Crippen molar-refractivity contribution < 1.29 is 4.79 Å². The molecule has 28 heavy (non-hydrogen) atoms. The van der Waals surface area contributed by atoms with E-state index in [9.17, 15) is 4.79 Å². The number of rotatable bonds is 3. The summed E-state index contributed by atoms with van der Waals surface area (Å²) in [6.45, 7) is 8.10. The van der Waals surface area contributed by atoms with Gasteiger partial charge in [-0.05, 0) is 48.1 Å². The van der Waals surface area contributed by atoms with E-state index in [1.54, 1.807) is 10.8 Å². The predicted molar refractivity (Wildman–Crippen MR) is 109 cm³/mol. The molecule has 1 saturated heterocycles. The molecule has 1 aliphatic heterocycles. The number of nitrogens with one attached hydrogen (secondary N) is 1. The summed E-state index contributed by atoms with van der Waals surface area (Å²) in [7, 11) is 0. The van der Waals surface area contributed by atoms with Crippen molar-refractivity contribution in [1.82, 2.24) is 19.8 Å². The third-order valence-electron chi connectivity index (χ3n) is 5.28. The Balaban J connectivity index is 1.43. The van der Waals surface area contributed by atoms with Crippen LogP contribution in [0.15, 0.2) is 42.7 Å². The first kappa shape index (κ1) is 18.4. The van der Waals surface area contributed by atoms with Crippen LogP contribution in [0.3, 0.4) is 0 Å². The summed E-state index contributed by atoms with van der Waals surface area (Å²) < 4.78 is 1.66. The van der Waals surface area contributed by atoms with E-state index in [1.807, 2.05) is 24.3 Å². The van der Waals surface area contributed by atoms with Gasteiger partial charge in [-0.1, -0.05) is 32.9 Å². The summed E-state index contributed by atoms with van der Waals surface area (Å²) in [5.41, 5.74) is 2.92. The molecule has 3 aromatic rings. The van der Waals surface area contributed by atoms with Gasteiger partial charge >= 0.3 is 0 Å². The largest absolute Gasteiger partial charge is 0.354 e. The highest BCUT2D eigenvalue weighted by atomic mass is 16.1. The maximum absolute atomic E-state index is 12.8. The summed E-state index contributed by atoms with van der Waals surface area (Å²) in [6, 6.07) is 12.0. The maximum atomic E-state index is 12.8. The van der Waals surface area contributed by atoms with Crippen molar-refractivity contribution in [3.63, 3.8) is 0 Å². The molecule has 0 spiro atoms. The smallest absolute Gasteiger partial charge is 0.229 e. The molecule has 1 amide bonds. The number of hydrogen-bond donors (Lipinski definition) is 1. The molecular weight excluding hydrogens is 352 g/mol. The van der Waals surface area contributed by atoms with Crippen LogP contribution in [0.2, 0.25) is 0 Å². The Labute approximate surface area is 164 Å². The number of anilines is 2. The summed E-state index contributed by atoms with van der Waals surface area (Å²) in [5.74, 6) is 0.854. The van der Waals surface area contributed by atoms with Crippen molar-refractivity contribution in [3.05, 3.63) is 48.3 Å². The zero-order valence-electron chi connectivity index (χ0n) is 16.6. The molecule has 0 bridgehead atoms. The number of carbonyl (C=O) groups is 1. The Morgan fingerprint density at radius 2 is 1.93 bits per heavy atom. The van der Waals surface area contributed by atoms with Crippen molar-refractivity contribution in [2.75, 3.05) is 23.3 Å². The Hall–Kier alpha value is -2.96. The lowest BCUT2D eigenvalue weighted by molar-refractivity contribution is -0.120. The number of benzene rings is 1. The summed E-state index contributed by atoms with van der Waals surface area (Å²) in [5, 5.41) is 15.5. The lowest BCUT2D eigenvalue weighted by Gasteiger charge is -2.32. The number of nitrogens with zero attached hydrogens (tertiary/aromatic N) is 5. The lowest BCUT2D eigenvalue weighted by atomic mass is 9.87. The van der Waals surface area contributed by atoms with Crippen LogP contribution in [0.25, 0.3) is 5.65 Å². The fourth-order valence-corrected chi connectivity index (χ4v) is 3.58. The SMILES string of the molecule is CC(C)(C)c1ccc(NC(=O)[C@@H]2CCCN(c3ccc4nncn4n3)C2)cc1. The van der Waals surface area contributed by atoms with Crippen LogP contribution in [-0.4, -0.2) is 38.8 Å². The van der Waals surface area contributed by atoms with E-state index in [1.165, 1.54) is 5.56 Å². The van der Waals surface area contributed by atoms with Crippen molar-refractivity contribution in [2.24, 2.45) is 5.92 Å². The zero-order chi connectivity index (χ0) is 19.7. The number of amides is 1. The number of piperidine rings is 1. The third kappa shape index (κ3) is 3.83. The first-order valence-corrected chi connectivity index (χ1v) is 9.73. The molecule has 1 aliphatic rings. The van der Waals surface area contributed by atoms with Crippen LogP contribution < -0.4 is 10.2 Å².